The van der Waals surface area contributed by atoms with Gasteiger partial charge in [-0.1, -0.05) is 30.3 Å². The molecule has 2 atom stereocenters. The molecule has 3 amide bonds. The molecular weight excluding hydrogens is 533 g/mol. The number of aromatic nitrogens is 2. The van der Waals surface area contributed by atoms with Crippen molar-refractivity contribution in [3.63, 3.8) is 0 Å². The summed E-state index contributed by atoms with van der Waals surface area (Å²) < 4.78 is 22.8. The summed E-state index contributed by atoms with van der Waals surface area (Å²) in [6.07, 6.45) is -1.66. The number of rotatable bonds is 9. The highest BCUT2D eigenvalue weighted by molar-refractivity contribution is 7.51. The molecule has 14 nitrogen and oxygen atoms in total. The van der Waals surface area contributed by atoms with E-state index in [2.05, 4.69) is 15.3 Å². The lowest BCUT2D eigenvalue weighted by Gasteiger charge is -2.35. The van der Waals surface area contributed by atoms with Gasteiger partial charge in [-0.15, -0.1) is 0 Å². The molecule has 4 N–H and O–H groups in total. The summed E-state index contributed by atoms with van der Waals surface area (Å²) in [5.41, 5.74) is 0.535. The topological polar surface area (TPSA) is 192 Å². The molecular formula is C24H30N5O9P. The fraction of sp³-hybridized carbons (Fsp3) is 0.458. The van der Waals surface area contributed by atoms with Crippen molar-refractivity contribution in [3.05, 3.63) is 42.1 Å². The molecule has 4 rings (SSSR count). The van der Waals surface area contributed by atoms with Gasteiger partial charge in [0, 0.05) is 44.2 Å². The molecule has 2 fully saturated rings. The number of benzene rings is 1. The van der Waals surface area contributed by atoms with Gasteiger partial charge >= 0.3 is 13.7 Å². The predicted octanol–water partition coefficient (Wildman–Crippen LogP) is 0.800. The molecule has 3 heterocycles. The number of nitrogens with zero attached hydrogens (tertiary/aromatic N) is 4. The van der Waals surface area contributed by atoms with E-state index in [1.165, 1.54) is 11.0 Å². The number of hydrogen-bond acceptors (Lipinski definition) is 8. The van der Waals surface area contributed by atoms with E-state index in [0.29, 0.717) is 25.2 Å². The van der Waals surface area contributed by atoms with Crippen LogP contribution in [-0.2, 0) is 14.1 Å². The first-order chi connectivity index (χ1) is 18.6. The first-order valence-electron chi connectivity index (χ1n) is 12.4. The number of hydrogen-bond donors (Lipinski definition) is 4. The first-order valence-corrected chi connectivity index (χ1v) is 14.2. The Balaban J connectivity index is 1.56. The smallest absolute Gasteiger partial charge is 0.407 e. The van der Waals surface area contributed by atoms with Crippen LogP contribution in [0.4, 0.5) is 4.79 Å². The van der Waals surface area contributed by atoms with Crippen molar-refractivity contribution in [1.29, 1.82) is 0 Å². The molecule has 39 heavy (non-hydrogen) atoms. The highest BCUT2D eigenvalue weighted by Gasteiger charge is 2.32. The van der Waals surface area contributed by atoms with Crippen LogP contribution in [0.25, 0.3) is 11.4 Å². The van der Waals surface area contributed by atoms with Crippen molar-refractivity contribution in [2.24, 2.45) is 0 Å². The molecule has 2 aliphatic rings. The van der Waals surface area contributed by atoms with Gasteiger partial charge in [0.05, 0.1) is 19.4 Å². The molecule has 0 unspecified atom stereocenters. The predicted molar refractivity (Wildman–Crippen MR) is 136 cm³/mol. The Kier molecular flexibility index (Phi) is 9.12. The molecule has 0 radical (unpaired) electrons. The maximum Gasteiger partial charge on any atom is 0.407 e. The Hall–Kier alpha value is -3.58. The lowest BCUT2D eigenvalue weighted by molar-refractivity contribution is -0.134. The molecule has 210 valence electrons. The van der Waals surface area contributed by atoms with Crippen LogP contribution >= 0.6 is 7.60 Å². The number of ether oxygens (including phenoxy) is 2. The normalized spacial score (nSPS) is 18.5. The number of nitrogens with one attached hydrogen (secondary N) is 1. The molecule has 0 spiro atoms. The van der Waals surface area contributed by atoms with E-state index in [-0.39, 0.29) is 56.1 Å². The van der Waals surface area contributed by atoms with Crippen molar-refractivity contribution in [2.75, 3.05) is 45.6 Å². The molecule has 0 bridgehead atoms. The number of piperazine rings is 1. The molecule has 2 aromatic rings. The fourth-order valence-electron chi connectivity index (χ4n) is 4.22. The minimum absolute atomic E-state index is 0.0815. The maximum absolute atomic E-state index is 13.3. The summed E-state index contributed by atoms with van der Waals surface area (Å²) in [7, 11) is -4.48. The Morgan fingerprint density at radius 3 is 2.41 bits per heavy atom. The second-order valence-electron chi connectivity index (χ2n) is 9.18. The van der Waals surface area contributed by atoms with Crippen molar-refractivity contribution in [1.82, 2.24) is 25.1 Å². The van der Waals surface area contributed by atoms with Crippen LogP contribution in [0.3, 0.4) is 0 Å². The third-order valence-electron chi connectivity index (χ3n) is 6.32. The minimum atomic E-state index is -4.48. The van der Waals surface area contributed by atoms with Gasteiger partial charge < -0.3 is 39.5 Å². The van der Waals surface area contributed by atoms with Crippen LogP contribution in [0.15, 0.2) is 36.4 Å². The molecule has 2 aliphatic heterocycles. The van der Waals surface area contributed by atoms with Gasteiger partial charge in [-0.2, -0.15) is 4.98 Å². The summed E-state index contributed by atoms with van der Waals surface area (Å²) >= 11 is 0. The third kappa shape index (κ3) is 7.96. The molecule has 1 aromatic heterocycles. The number of amides is 3. The summed E-state index contributed by atoms with van der Waals surface area (Å²) in [4.78, 5) is 67.9. The standard InChI is InChI=1S/C24H30N5O9P/c30-22(26-18(7-13-39(34,35)36)23(31)28-8-10-29(11-9-28)24(32)33)19-14-20(38-17-6-12-37-15-17)27-21(25-19)16-4-2-1-3-5-16/h1-5,14,17-18H,6-13,15H2,(H,26,30)(H,32,33)(H2,34,35,36)/t17-,18-/m0/s1. The van der Waals surface area contributed by atoms with Gasteiger partial charge in [-0.3, -0.25) is 14.2 Å². The maximum atomic E-state index is 13.3. The van der Waals surface area contributed by atoms with Crippen molar-refractivity contribution >= 4 is 25.5 Å². The largest absolute Gasteiger partial charge is 0.472 e. The van der Waals surface area contributed by atoms with Gasteiger partial charge in [-0.05, 0) is 6.42 Å². The van der Waals surface area contributed by atoms with Gasteiger partial charge in [-0.25, -0.2) is 9.78 Å². The van der Waals surface area contributed by atoms with E-state index in [1.54, 1.807) is 24.3 Å². The Labute approximate surface area is 224 Å². The Morgan fingerprint density at radius 1 is 1.10 bits per heavy atom. The zero-order chi connectivity index (χ0) is 28.0. The zero-order valence-corrected chi connectivity index (χ0v) is 21.9. The van der Waals surface area contributed by atoms with Gasteiger partial charge in [0.2, 0.25) is 11.8 Å². The van der Waals surface area contributed by atoms with E-state index < -0.39 is 37.7 Å². The van der Waals surface area contributed by atoms with Crippen LogP contribution in [0.5, 0.6) is 5.88 Å². The minimum Gasteiger partial charge on any atom is -0.472 e. The quantitative estimate of drug-likeness (QED) is 0.316. The average molecular weight is 564 g/mol. The summed E-state index contributed by atoms with van der Waals surface area (Å²) in [6, 6.07) is 9.00. The SMILES string of the molecule is O=C(N[C@@H](CCP(=O)(O)O)C(=O)N1CCN(C(=O)O)CC1)c1cc(O[C@H]2CCOC2)nc(-c2ccccc2)n1. The fourth-order valence-corrected chi connectivity index (χ4v) is 4.81. The van der Waals surface area contributed by atoms with E-state index in [1.807, 2.05) is 6.07 Å². The molecule has 1 aromatic carbocycles. The average Bonchev–Trinajstić information content (AvgIpc) is 3.43. The van der Waals surface area contributed by atoms with Gasteiger partial charge in [0.1, 0.15) is 17.8 Å². The van der Waals surface area contributed by atoms with Gasteiger partial charge in [0.15, 0.2) is 5.82 Å². The monoisotopic (exact) mass is 563 g/mol. The second kappa shape index (κ2) is 12.5. The highest BCUT2D eigenvalue weighted by atomic mass is 31.2. The lowest BCUT2D eigenvalue weighted by atomic mass is 10.1. The highest BCUT2D eigenvalue weighted by Crippen LogP contribution is 2.35. The van der Waals surface area contributed by atoms with Crippen LogP contribution in [-0.4, -0.2) is 110 Å². The van der Waals surface area contributed by atoms with E-state index in [0.717, 1.165) is 4.90 Å². The lowest BCUT2D eigenvalue weighted by Crippen LogP contribution is -2.56. The van der Waals surface area contributed by atoms with Crippen LogP contribution in [0.1, 0.15) is 23.3 Å². The third-order valence-corrected chi connectivity index (χ3v) is 7.16. The molecule has 15 heteroatoms. The van der Waals surface area contributed by atoms with Crippen molar-refractivity contribution in [2.45, 2.75) is 25.0 Å². The van der Waals surface area contributed by atoms with E-state index in [9.17, 15) is 28.7 Å². The van der Waals surface area contributed by atoms with Crippen molar-refractivity contribution < 1.29 is 43.3 Å². The Bertz CT molecular complexity index is 1230. The zero-order valence-electron chi connectivity index (χ0n) is 21.0. The summed E-state index contributed by atoms with van der Waals surface area (Å²) in [5, 5.41) is 11.7. The first kappa shape index (κ1) is 28.4. The Morgan fingerprint density at radius 2 is 1.79 bits per heavy atom. The second-order valence-corrected chi connectivity index (χ2v) is 11.0. The summed E-state index contributed by atoms with van der Waals surface area (Å²) in [6.45, 7) is 1.25. The van der Waals surface area contributed by atoms with Crippen LogP contribution in [0, 0.1) is 0 Å². The summed E-state index contributed by atoms with van der Waals surface area (Å²) in [5.74, 6) is -0.957. The molecule has 0 aliphatic carbocycles. The van der Waals surface area contributed by atoms with E-state index >= 15 is 0 Å². The van der Waals surface area contributed by atoms with Crippen molar-refractivity contribution in [3.8, 4) is 17.3 Å². The number of carbonyl (C=O) groups excluding carboxylic acids is 2. The van der Waals surface area contributed by atoms with Gasteiger partial charge in [0.25, 0.3) is 5.91 Å². The number of carboxylic acid groups (broad SMARTS) is 1. The molecule has 0 saturated carbocycles. The van der Waals surface area contributed by atoms with E-state index in [4.69, 9.17) is 14.6 Å². The van der Waals surface area contributed by atoms with Crippen LogP contribution < -0.4 is 10.1 Å². The van der Waals surface area contributed by atoms with Crippen LogP contribution in [0.2, 0.25) is 0 Å². The molecule has 2 saturated heterocycles. The number of carbonyl (C=O) groups is 3.